The van der Waals surface area contributed by atoms with E-state index in [1.807, 2.05) is 31.2 Å². The van der Waals surface area contributed by atoms with Gasteiger partial charge in [0.05, 0.1) is 12.0 Å². The van der Waals surface area contributed by atoms with Crippen molar-refractivity contribution in [1.82, 2.24) is 67.2 Å². The van der Waals surface area contributed by atoms with Gasteiger partial charge in [0.15, 0.2) is 5.96 Å². The van der Waals surface area contributed by atoms with Crippen molar-refractivity contribution in [2.75, 3.05) is 6.54 Å². The van der Waals surface area contributed by atoms with Crippen LogP contribution in [0.4, 0.5) is 0 Å². The maximum Gasteiger partial charge on any atom is 0.243 e. The van der Waals surface area contributed by atoms with Crippen LogP contribution < -0.4 is 54.4 Å². The molecular formula is C50H67N17O8. The van der Waals surface area contributed by atoms with Gasteiger partial charge in [-0.15, -0.1) is 5.10 Å². The number of nitrogens with zero attached hydrogens (tertiary/aromatic N) is 5. The van der Waals surface area contributed by atoms with Gasteiger partial charge in [-0.1, -0.05) is 73.5 Å². The summed E-state index contributed by atoms with van der Waals surface area (Å²) in [6, 6.07) is 7.21. The molecule has 25 nitrogen and oxygen atoms in total. The van der Waals surface area contributed by atoms with Crippen LogP contribution in [0.15, 0.2) is 84.5 Å². The molecule has 6 rings (SSSR count). The summed E-state index contributed by atoms with van der Waals surface area (Å²) in [6.45, 7) is 3.32. The molecule has 75 heavy (non-hydrogen) atoms. The molecule has 0 aliphatic carbocycles. The van der Waals surface area contributed by atoms with Crippen LogP contribution >= 0.6 is 0 Å². The van der Waals surface area contributed by atoms with Gasteiger partial charge in [0, 0.05) is 74.5 Å². The summed E-state index contributed by atoms with van der Waals surface area (Å²) in [4.78, 5) is 126. The molecule has 0 saturated carbocycles. The van der Waals surface area contributed by atoms with Gasteiger partial charge in [-0.25, -0.2) is 4.98 Å². The standard InChI is InChI=1S/C50H67N17O8/c1-3-4-14-37(58-29(2)68)44(70)61-39-18-17-32-27-67(66-65-32)21-19-36(43(51)69)59-48(74)41(23-31-25-56-35-15-9-8-13-34(31)35)63-45(71)38(16-10-20-55-50(52)53)60-47(73)40(22-30-11-6-5-7-12-30)62-49(75)42(64-46(39)72)24-33-26-54-28-57-33/h5-9,11-13,15,25-28,36-42,56H,3-4,10,14,16-24H2,1-2H3,(H2,51,69)(H,54,57)(H,58,68)(H,59,74)(H,60,73)(H,61,70)(H,62,75)(H,63,71)(H,64,72)(H4,52,53,55)/t36-,37-,38-,39-,40+,41-,42-/m0/s1. The Morgan fingerprint density at radius 2 is 1.45 bits per heavy atom. The van der Waals surface area contributed by atoms with E-state index in [-0.39, 0.29) is 76.8 Å². The molecule has 1 aliphatic heterocycles. The van der Waals surface area contributed by atoms with Gasteiger partial charge in [-0.2, -0.15) is 0 Å². The quantitative estimate of drug-likeness (QED) is 0.0293. The number of hydrogen-bond donors (Lipinski definition) is 12. The zero-order valence-electron chi connectivity index (χ0n) is 42.0. The zero-order valence-corrected chi connectivity index (χ0v) is 42.0. The Hall–Kier alpha value is -8.64. The number of aromatic nitrogens is 6. The highest BCUT2D eigenvalue weighted by Gasteiger charge is 2.35. The Morgan fingerprint density at radius 1 is 0.787 bits per heavy atom. The van der Waals surface area contributed by atoms with E-state index in [9.17, 15) is 38.4 Å². The van der Waals surface area contributed by atoms with Gasteiger partial charge in [-0.05, 0) is 55.7 Å². The summed E-state index contributed by atoms with van der Waals surface area (Å²) < 4.78 is 1.43. The second-order valence-electron chi connectivity index (χ2n) is 18.4. The molecule has 15 N–H and O–H groups in total. The van der Waals surface area contributed by atoms with Gasteiger partial charge in [0.25, 0.3) is 0 Å². The van der Waals surface area contributed by atoms with Crippen LogP contribution in [-0.4, -0.2) is 132 Å². The number of para-hydroxylation sites is 1. The van der Waals surface area contributed by atoms with Crippen LogP contribution in [0.2, 0.25) is 0 Å². The lowest BCUT2D eigenvalue weighted by Gasteiger charge is -2.28. The molecule has 25 heteroatoms. The van der Waals surface area contributed by atoms with Crippen molar-refractivity contribution >= 4 is 64.1 Å². The lowest BCUT2D eigenvalue weighted by Crippen LogP contribution is -2.61. The number of nitrogens with two attached hydrogens (primary N) is 3. The number of hydrogen-bond acceptors (Lipinski definition) is 12. The molecule has 8 amide bonds. The van der Waals surface area contributed by atoms with Crippen LogP contribution in [0.3, 0.4) is 0 Å². The molecule has 400 valence electrons. The lowest BCUT2D eigenvalue weighted by molar-refractivity contribution is -0.135. The lowest BCUT2D eigenvalue weighted by atomic mass is 10.0. The van der Waals surface area contributed by atoms with E-state index in [1.54, 1.807) is 42.7 Å². The number of nitrogens with one attached hydrogen (secondary N) is 9. The topological polar surface area (TPSA) is 386 Å². The van der Waals surface area contributed by atoms with Crippen LogP contribution in [0.1, 0.15) is 81.3 Å². The number of aliphatic imine (C=N–C) groups is 1. The molecule has 4 heterocycles. The number of fused-ring (bicyclic) bond motifs is 3. The first-order valence-electron chi connectivity index (χ1n) is 25.0. The number of unbranched alkanes of at least 4 members (excludes halogenated alkanes) is 1. The van der Waals surface area contributed by atoms with Crippen molar-refractivity contribution in [3.63, 3.8) is 0 Å². The van der Waals surface area contributed by atoms with Crippen molar-refractivity contribution in [1.29, 1.82) is 0 Å². The highest BCUT2D eigenvalue weighted by Crippen LogP contribution is 2.20. The highest BCUT2D eigenvalue weighted by molar-refractivity contribution is 5.98. The third kappa shape index (κ3) is 17.0. The van der Waals surface area contributed by atoms with Gasteiger partial charge in [0.1, 0.15) is 42.3 Å². The van der Waals surface area contributed by atoms with Gasteiger partial charge >= 0.3 is 0 Å². The average molecular weight is 1030 g/mol. The third-order valence-corrected chi connectivity index (χ3v) is 12.6. The van der Waals surface area contributed by atoms with Crippen LogP contribution in [0, 0.1) is 0 Å². The normalized spacial score (nSPS) is 20.8. The van der Waals surface area contributed by atoms with Gasteiger partial charge in [0.2, 0.25) is 47.3 Å². The number of rotatable bonds is 17. The molecule has 3 aromatic heterocycles. The Morgan fingerprint density at radius 3 is 2.15 bits per heavy atom. The number of H-pyrrole nitrogens is 2. The number of imidazole rings is 1. The van der Waals surface area contributed by atoms with E-state index >= 15 is 0 Å². The zero-order chi connectivity index (χ0) is 53.9. The van der Waals surface area contributed by atoms with Crippen molar-refractivity contribution in [3.8, 4) is 0 Å². The molecule has 5 aromatic rings. The van der Waals surface area contributed by atoms with Crippen LogP contribution in [0.25, 0.3) is 10.9 Å². The number of benzene rings is 2. The predicted molar refractivity (Wildman–Crippen MR) is 275 cm³/mol. The molecule has 0 saturated heterocycles. The molecule has 1 aliphatic rings. The fourth-order valence-corrected chi connectivity index (χ4v) is 8.61. The molecule has 0 fully saturated rings. The second-order valence-corrected chi connectivity index (χ2v) is 18.4. The van der Waals surface area contributed by atoms with E-state index in [1.165, 1.54) is 24.1 Å². The summed E-state index contributed by atoms with van der Waals surface area (Å²) in [7, 11) is 0. The number of aromatic amines is 2. The third-order valence-electron chi connectivity index (χ3n) is 12.6. The summed E-state index contributed by atoms with van der Waals surface area (Å²) in [5.74, 6) is -6.03. The summed E-state index contributed by atoms with van der Waals surface area (Å²) in [6.07, 6.45) is 7.59. The fraction of sp³-hybridized carbons (Fsp3) is 0.440. The number of guanidine groups is 1. The maximum atomic E-state index is 14.7. The molecule has 0 spiro atoms. The number of carbonyl (C=O) groups is 8. The first-order valence-corrected chi connectivity index (χ1v) is 25.0. The summed E-state index contributed by atoms with van der Waals surface area (Å²) in [5, 5.41) is 28.5. The molecular weight excluding hydrogens is 967 g/mol. The van der Waals surface area contributed by atoms with Crippen LogP contribution in [-0.2, 0) is 70.6 Å². The van der Waals surface area contributed by atoms with E-state index in [0.29, 0.717) is 28.9 Å². The smallest absolute Gasteiger partial charge is 0.243 e. The molecule has 0 radical (unpaired) electrons. The first-order chi connectivity index (χ1) is 36.1. The Bertz CT molecular complexity index is 2770. The van der Waals surface area contributed by atoms with Crippen LogP contribution in [0.5, 0.6) is 0 Å². The Kier molecular flexibility index (Phi) is 20.4. The number of amides is 8. The van der Waals surface area contributed by atoms with E-state index in [0.717, 1.165) is 17.3 Å². The number of primary amides is 1. The molecule has 2 aromatic carbocycles. The SMILES string of the molecule is CCCC[C@H](NC(C)=O)C(=O)N[C@H]1CCc2cn(nn2)CC[C@@H](C(N)=O)NC(=O)[C@H](Cc2c[nH]c3ccccc23)NC(=O)[C@H](CCCN=C(N)N)NC(=O)[C@@H](Cc2ccccc2)NC(=O)[C@H](Cc2cnc[nH]2)NC1=O. The number of aryl methyl sites for hydroxylation is 2. The highest BCUT2D eigenvalue weighted by atomic mass is 16.2. The minimum absolute atomic E-state index is 0.0370. The predicted octanol–water partition coefficient (Wildman–Crippen LogP) is -1.31. The monoisotopic (exact) mass is 1030 g/mol. The van der Waals surface area contributed by atoms with Crippen molar-refractivity contribution < 1.29 is 38.4 Å². The molecule has 7 atom stereocenters. The van der Waals surface area contributed by atoms with E-state index in [4.69, 9.17) is 17.2 Å². The fourth-order valence-electron chi connectivity index (χ4n) is 8.61. The molecule has 0 unspecified atom stereocenters. The molecule has 2 bridgehead atoms. The first kappa shape index (κ1) is 55.7. The van der Waals surface area contributed by atoms with Crippen molar-refractivity contribution in [3.05, 3.63) is 102 Å². The van der Waals surface area contributed by atoms with Crippen molar-refractivity contribution in [2.24, 2.45) is 22.2 Å². The maximum absolute atomic E-state index is 14.7. The minimum Gasteiger partial charge on any atom is -0.370 e. The van der Waals surface area contributed by atoms with Crippen molar-refractivity contribution in [2.45, 2.75) is 133 Å². The number of carbonyl (C=O) groups excluding carboxylic acids is 8. The second kappa shape index (κ2) is 27.4. The average Bonchev–Trinajstić information content (AvgIpc) is 4.17. The van der Waals surface area contributed by atoms with Gasteiger partial charge < -0.3 is 64.4 Å². The van der Waals surface area contributed by atoms with E-state index < -0.39 is 89.6 Å². The minimum atomic E-state index is -1.38. The summed E-state index contributed by atoms with van der Waals surface area (Å²) in [5.41, 5.74) is 20.0. The summed E-state index contributed by atoms with van der Waals surface area (Å²) >= 11 is 0. The van der Waals surface area contributed by atoms with E-state index in [2.05, 4.69) is 67.5 Å². The van der Waals surface area contributed by atoms with Gasteiger partial charge in [-0.3, -0.25) is 48.0 Å². The Balaban J connectivity index is 1.40. The Labute approximate surface area is 432 Å². The largest absolute Gasteiger partial charge is 0.370 e.